The second-order valence-corrected chi connectivity index (χ2v) is 6.39. The third-order valence-corrected chi connectivity index (χ3v) is 4.83. The van der Waals surface area contributed by atoms with Gasteiger partial charge in [0.05, 0.1) is 16.7 Å². The van der Waals surface area contributed by atoms with E-state index in [4.69, 9.17) is 0 Å². The van der Waals surface area contributed by atoms with Gasteiger partial charge in [-0.1, -0.05) is 17.2 Å². The number of aliphatic carboxylic acids is 1. The van der Waals surface area contributed by atoms with Crippen LogP contribution in [0.5, 0.6) is 0 Å². The lowest BCUT2D eigenvalue weighted by Crippen LogP contribution is -2.47. The summed E-state index contributed by atoms with van der Waals surface area (Å²) in [7, 11) is 0. The molecule has 1 aromatic rings. The van der Waals surface area contributed by atoms with E-state index in [1.54, 1.807) is 17.5 Å². The highest BCUT2D eigenvalue weighted by Gasteiger charge is 2.37. The van der Waals surface area contributed by atoms with E-state index in [-0.39, 0.29) is 0 Å². The molecule has 6 nitrogen and oxygen atoms in total. The number of hydrogen-bond donors (Lipinski definition) is 3. The number of allylic oxidation sites excluding steroid dienone is 2. The second kappa shape index (κ2) is 6.74. The predicted octanol–water partition coefficient (Wildman–Crippen LogP) is 1.96. The van der Waals surface area contributed by atoms with Gasteiger partial charge in [0.15, 0.2) is 0 Å². The molecule has 0 spiro atoms. The lowest BCUT2D eigenvalue weighted by atomic mass is 9.76. The van der Waals surface area contributed by atoms with Crippen molar-refractivity contribution in [3.8, 4) is 0 Å². The number of hydrogen-bond acceptors (Lipinski definition) is 4. The van der Waals surface area contributed by atoms with Crippen LogP contribution in [0.4, 0.5) is 0 Å². The van der Waals surface area contributed by atoms with Gasteiger partial charge >= 0.3 is 5.97 Å². The Hall–Kier alpha value is -2.15. The SMILES string of the molecule is CC1=C(C)C[C@@H](C(=O)NNC(=O)c2cccs2)[C@@H](C(=O)O)C1. The maximum absolute atomic E-state index is 12.2. The highest BCUT2D eigenvalue weighted by Crippen LogP contribution is 2.34. The number of thiophene rings is 1. The van der Waals surface area contributed by atoms with E-state index in [1.807, 2.05) is 13.8 Å². The fourth-order valence-electron chi connectivity index (χ4n) is 2.51. The molecule has 1 aliphatic rings. The average molecular weight is 322 g/mol. The molecule has 0 saturated heterocycles. The van der Waals surface area contributed by atoms with Crippen molar-refractivity contribution in [1.82, 2.24) is 10.9 Å². The quantitative estimate of drug-likeness (QED) is 0.585. The number of carbonyl (C=O) groups excluding carboxylic acids is 2. The van der Waals surface area contributed by atoms with Crippen LogP contribution in [0.2, 0.25) is 0 Å². The van der Waals surface area contributed by atoms with Crippen LogP contribution in [0.15, 0.2) is 28.7 Å². The molecule has 0 fully saturated rings. The van der Waals surface area contributed by atoms with Gasteiger partial charge in [0.1, 0.15) is 0 Å². The third kappa shape index (κ3) is 3.54. The smallest absolute Gasteiger partial charge is 0.307 e. The zero-order valence-corrected chi connectivity index (χ0v) is 13.2. The number of carbonyl (C=O) groups is 3. The minimum Gasteiger partial charge on any atom is -0.481 e. The lowest BCUT2D eigenvalue weighted by Gasteiger charge is -2.29. The maximum Gasteiger partial charge on any atom is 0.307 e. The van der Waals surface area contributed by atoms with Gasteiger partial charge in [0.2, 0.25) is 5.91 Å². The maximum atomic E-state index is 12.2. The zero-order chi connectivity index (χ0) is 16.3. The summed E-state index contributed by atoms with van der Waals surface area (Å²) < 4.78 is 0. The Morgan fingerprint density at radius 1 is 1.14 bits per heavy atom. The van der Waals surface area contributed by atoms with Crippen molar-refractivity contribution < 1.29 is 19.5 Å². The summed E-state index contributed by atoms with van der Waals surface area (Å²) in [5.74, 6) is -3.30. The zero-order valence-electron chi connectivity index (χ0n) is 12.4. The molecule has 118 valence electrons. The molecule has 0 aliphatic heterocycles. The van der Waals surface area contributed by atoms with Crippen molar-refractivity contribution in [1.29, 1.82) is 0 Å². The van der Waals surface area contributed by atoms with E-state index >= 15 is 0 Å². The molecule has 7 heteroatoms. The van der Waals surface area contributed by atoms with E-state index in [1.165, 1.54) is 11.3 Å². The Bertz CT molecular complexity index is 621. The topological polar surface area (TPSA) is 95.5 Å². The number of carboxylic acid groups (broad SMARTS) is 1. The van der Waals surface area contributed by atoms with E-state index in [0.29, 0.717) is 17.7 Å². The van der Waals surface area contributed by atoms with Gasteiger partial charge in [0, 0.05) is 0 Å². The van der Waals surface area contributed by atoms with Crippen LogP contribution in [0.3, 0.4) is 0 Å². The molecule has 3 N–H and O–H groups in total. The molecule has 0 bridgehead atoms. The molecule has 2 rings (SSSR count). The van der Waals surface area contributed by atoms with Crippen LogP contribution >= 0.6 is 11.3 Å². The van der Waals surface area contributed by atoms with Crippen LogP contribution in [-0.4, -0.2) is 22.9 Å². The van der Waals surface area contributed by atoms with Gasteiger partial charge in [-0.2, -0.15) is 0 Å². The molecule has 0 aromatic carbocycles. The Labute approximate surface area is 132 Å². The first-order chi connectivity index (χ1) is 10.4. The first-order valence-corrected chi connectivity index (χ1v) is 7.80. The minimum atomic E-state index is -0.989. The summed E-state index contributed by atoms with van der Waals surface area (Å²) in [4.78, 5) is 35.9. The number of hydrazine groups is 1. The fourth-order valence-corrected chi connectivity index (χ4v) is 3.13. The predicted molar refractivity (Wildman–Crippen MR) is 82.2 cm³/mol. The Morgan fingerprint density at radius 3 is 2.32 bits per heavy atom. The van der Waals surface area contributed by atoms with Crippen molar-refractivity contribution >= 4 is 29.1 Å². The molecule has 2 amide bonds. The lowest BCUT2D eigenvalue weighted by molar-refractivity contribution is -0.147. The van der Waals surface area contributed by atoms with Gasteiger partial charge < -0.3 is 5.11 Å². The van der Waals surface area contributed by atoms with E-state index in [9.17, 15) is 19.5 Å². The minimum absolute atomic E-state index is 0.359. The summed E-state index contributed by atoms with van der Waals surface area (Å²) in [6, 6.07) is 3.38. The van der Waals surface area contributed by atoms with Crippen molar-refractivity contribution in [2.45, 2.75) is 26.7 Å². The van der Waals surface area contributed by atoms with E-state index in [2.05, 4.69) is 10.9 Å². The van der Waals surface area contributed by atoms with Crippen LogP contribution in [-0.2, 0) is 9.59 Å². The molecule has 1 aromatic heterocycles. The standard InChI is InChI=1S/C15H18N2O4S/c1-8-6-10(11(15(20)21)7-9(8)2)13(18)16-17-14(19)12-4-3-5-22-12/h3-5,10-11H,6-7H2,1-2H3,(H,16,18)(H,17,19)(H,20,21)/t10-,11+/m1/s1. The summed E-state index contributed by atoms with van der Waals surface area (Å²) in [6.07, 6.45) is 0.752. The Kier molecular flexibility index (Phi) is 4.97. The number of rotatable bonds is 3. The highest BCUT2D eigenvalue weighted by molar-refractivity contribution is 7.12. The largest absolute Gasteiger partial charge is 0.481 e. The van der Waals surface area contributed by atoms with E-state index in [0.717, 1.165) is 11.1 Å². The van der Waals surface area contributed by atoms with Crippen LogP contribution < -0.4 is 10.9 Å². The summed E-state index contributed by atoms with van der Waals surface area (Å²) in [5, 5.41) is 11.1. The normalized spacial score (nSPS) is 21.4. The molecular weight excluding hydrogens is 304 g/mol. The number of amides is 2. The average Bonchev–Trinajstić information content (AvgIpc) is 3.00. The van der Waals surface area contributed by atoms with Gasteiger partial charge in [-0.05, 0) is 38.1 Å². The summed E-state index contributed by atoms with van der Waals surface area (Å²) in [6.45, 7) is 3.79. The van der Waals surface area contributed by atoms with Crippen molar-refractivity contribution in [3.05, 3.63) is 33.5 Å². The van der Waals surface area contributed by atoms with Gasteiger partial charge in [-0.15, -0.1) is 11.3 Å². The Balaban J connectivity index is 2.01. The Morgan fingerprint density at radius 2 is 1.77 bits per heavy atom. The summed E-state index contributed by atoms with van der Waals surface area (Å²) >= 11 is 1.26. The van der Waals surface area contributed by atoms with Gasteiger partial charge in [-0.3, -0.25) is 25.2 Å². The third-order valence-electron chi connectivity index (χ3n) is 3.96. The molecule has 22 heavy (non-hydrogen) atoms. The number of carboxylic acids is 1. The molecule has 1 heterocycles. The van der Waals surface area contributed by atoms with Crippen LogP contribution in [0.25, 0.3) is 0 Å². The monoisotopic (exact) mass is 322 g/mol. The van der Waals surface area contributed by atoms with Crippen LogP contribution in [0.1, 0.15) is 36.4 Å². The van der Waals surface area contributed by atoms with Gasteiger partial charge in [-0.25, -0.2) is 0 Å². The fraction of sp³-hybridized carbons (Fsp3) is 0.400. The molecular formula is C15H18N2O4S. The van der Waals surface area contributed by atoms with Crippen LogP contribution in [0, 0.1) is 11.8 Å². The molecule has 2 atom stereocenters. The molecule has 1 aliphatic carbocycles. The first kappa shape index (κ1) is 16.2. The molecule has 0 unspecified atom stereocenters. The number of nitrogens with one attached hydrogen (secondary N) is 2. The second-order valence-electron chi connectivity index (χ2n) is 5.44. The van der Waals surface area contributed by atoms with Gasteiger partial charge in [0.25, 0.3) is 5.91 Å². The highest BCUT2D eigenvalue weighted by atomic mass is 32.1. The van der Waals surface area contributed by atoms with Crippen molar-refractivity contribution in [2.75, 3.05) is 0 Å². The summed E-state index contributed by atoms with van der Waals surface area (Å²) in [5.41, 5.74) is 6.72. The molecule has 0 radical (unpaired) electrons. The van der Waals surface area contributed by atoms with Crippen molar-refractivity contribution in [3.63, 3.8) is 0 Å². The van der Waals surface area contributed by atoms with Crippen molar-refractivity contribution in [2.24, 2.45) is 11.8 Å². The first-order valence-electron chi connectivity index (χ1n) is 6.92. The molecule has 0 saturated carbocycles. The van der Waals surface area contributed by atoms with E-state index < -0.39 is 29.6 Å².